The van der Waals surface area contributed by atoms with Gasteiger partial charge in [-0.25, -0.2) is 4.39 Å². The summed E-state index contributed by atoms with van der Waals surface area (Å²) in [4.78, 5) is 12.6. The molecule has 2 rings (SSSR count). The quantitative estimate of drug-likeness (QED) is 0.916. The number of piperidine rings is 1. The molecule has 0 bridgehead atoms. The Hall–Kier alpha value is -1.10. The smallest absolute Gasteiger partial charge is 0.303 e. The Balaban J connectivity index is 1.90. The molecule has 0 aromatic heterocycles. The van der Waals surface area contributed by atoms with Crippen LogP contribution in [0.15, 0.2) is 22.7 Å². The highest BCUT2D eigenvalue weighted by Gasteiger charge is 2.21. The van der Waals surface area contributed by atoms with Crippen LogP contribution < -0.4 is 4.90 Å². The Morgan fingerprint density at radius 1 is 1.42 bits per heavy atom. The van der Waals surface area contributed by atoms with Gasteiger partial charge in [0.15, 0.2) is 0 Å². The molecule has 0 saturated carbocycles. The van der Waals surface area contributed by atoms with Crippen LogP contribution in [0.3, 0.4) is 0 Å². The molecule has 1 aliphatic heterocycles. The first-order valence-corrected chi connectivity index (χ1v) is 7.27. The van der Waals surface area contributed by atoms with E-state index in [0.29, 0.717) is 11.6 Å². The summed E-state index contributed by atoms with van der Waals surface area (Å²) in [6.07, 6.45) is 2.83. The fourth-order valence-electron chi connectivity index (χ4n) is 2.53. The number of nitrogens with zero attached hydrogens (tertiary/aromatic N) is 1. The number of carboxylic acids is 1. The number of halogens is 2. The molecule has 0 aliphatic carbocycles. The van der Waals surface area contributed by atoms with Gasteiger partial charge >= 0.3 is 5.97 Å². The molecule has 0 unspecified atom stereocenters. The van der Waals surface area contributed by atoms with Crippen LogP contribution >= 0.6 is 15.9 Å². The SMILES string of the molecule is O=C(O)CCC1CCN(c2ccc(Br)cc2F)CC1. The van der Waals surface area contributed by atoms with Gasteiger partial charge < -0.3 is 10.0 Å². The zero-order chi connectivity index (χ0) is 13.8. The molecule has 1 fully saturated rings. The van der Waals surface area contributed by atoms with Crippen LogP contribution in [0, 0.1) is 11.7 Å². The molecule has 0 radical (unpaired) electrons. The largest absolute Gasteiger partial charge is 0.481 e. The standard InChI is InChI=1S/C14H17BrFNO2/c15-11-2-3-13(12(16)9-11)17-7-5-10(6-8-17)1-4-14(18)19/h2-3,9-10H,1,4-8H2,(H,18,19). The van der Waals surface area contributed by atoms with Crippen molar-refractivity contribution in [2.45, 2.75) is 25.7 Å². The molecule has 0 spiro atoms. The van der Waals surface area contributed by atoms with E-state index in [1.807, 2.05) is 11.0 Å². The van der Waals surface area contributed by atoms with Crippen LogP contribution in [0.5, 0.6) is 0 Å². The molecule has 1 aromatic rings. The number of carboxylic acid groups (broad SMARTS) is 1. The van der Waals surface area contributed by atoms with Crippen molar-refractivity contribution < 1.29 is 14.3 Å². The first-order valence-electron chi connectivity index (χ1n) is 6.48. The van der Waals surface area contributed by atoms with Crippen molar-refractivity contribution in [2.75, 3.05) is 18.0 Å². The van der Waals surface area contributed by atoms with E-state index < -0.39 is 5.97 Å². The lowest BCUT2D eigenvalue weighted by atomic mass is 9.92. The van der Waals surface area contributed by atoms with E-state index in [1.54, 1.807) is 6.07 Å². The van der Waals surface area contributed by atoms with Gasteiger partial charge in [0.25, 0.3) is 0 Å². The number of carbonyl (C=O) groups is 1. The fourth-order valence-corrected chi connectivity index (χ4v) is 2.86. The van der Waals surface area contributed by atoms with Gasteiger partial charge in [0.2, 0.25) is 0 Å². The highest BCUT2D eigenvalue weighted by molar-refractivity contribution is 9.10. The van der Waals surface area contributed by atoms with Crippen molar-refractivity contribution >= 4 is 27.6 Å². The Bertz CT molecular complexity index is 459. The third-order valence-corrected chi connectivity index (χ3v) is 4.12. The first-order chi connectivity index (χ1) is 9.06. The Morgan fingerprint density at radius 3 is 2.68 bits per heavy atom. The van der Waals surface area contributed by atoms with Crippen molar-refractivity contribution in [1.82, 2.24) is 0 Å². The summed E-state index contributed by atoms with van der Waals surface area (Å²) in [5.41, 5.74) is 0.639. The molecule has 0 amide bonds. The Labute approximate surface area is 120 Å². The molecule has 1 aromatic carbocycles. The first kappa shape index (κ1) is 14.3. The predicted molar refractivity (Wildman–Crippen MR) is 75.9 cm³/mol. The van der Waals surface area contributed by atoms with E-state index in [9.17, 15) is 9.18 Å². The van der Waals surface area contributed by atoms with E-state index >= 15 is 0 Å². The third-order valence-electron chi connectivity index (χ3n) is 3.63. The molecular formula is C14H17BrFNO2. The maximum atomic E-state index is 13.8. The fraction of sp³-hybridized carbons (Fsp3) is 0.500. The molecule has 5 heteroatoms. The maximum absolute atomic E-state index is 13.8. The second kappa shape index (κ2) is 6.37. The molecule has 1 aliphatic rings. The van der Waals surface area contributed by atoms with Crippen LogP contribution in [-0.2, 0) is 4.79 Å². The molecule has 104 valence electrons. The second-order valence-electron chi connectivity index (χ2n) is 4.96. The minimum Gasteiger partial charge on any atom is -0.481 e. The lowest BCUT2D eigenvalue weighted by Gasteiger charge is -2.33. The van der Waals surface area contributed by atoms with E-state index in [4.69, 9.17) is 5.11 Å². The lowest BCUT2D eigenvalue weighted by Crippen LogP contribution is -2.34. The molecule has 19 heavy (non-hydrogen) atoms. The Morgan fingerprint density at radius 2 is 2.11 bits per heavy atom. The van der Waals surface area contributed by atoms with Crippen molar-refractivity contribution in [3.8, 4) is 0 Å². The predicted octanol–water partition coefficient (Wildman–Crippen LogP) is 3.67. The Kier molecular flexibility index (Phi) is 4.80. The van der Waals surface area contributed by atoms with Gasteiger partial charge in [0.1, 0.15) is 5.82 Å². The van der Waals surface area contributed by atoms with Gasteiger partial charge in [0.05, 0.1) is 5.69 Å². The summed E-state index contributed by atoms with van der Waals surface area (Å²) in [6.45, 7) is 1.59. The van der Waals surface area contributed by atoms with Gasteiger partial charge in [-0.1, -0.05) is 15.9 Å². The second-order valence-corrected chi connectivity index (χ2v) is 5.87. The van der Waals surface area contributed by atoms with Crippen LogP contribution in [0.25, 0.3) is 0 Å². The summed E-state index contributed by atoms with van der Waals surface area (Å²) in [5, 5.41) is 8.67. The summed E-state index contributed by atoms with van der Waals surface area (Å²) >= 11 is 3.25. The highest BCUT2D eigenvalue weighted by Crippen LogP contribution is 2.29. The summed E-state index contributed by atoms with van der Waals surface area (Å²) < 4.78 is 14.6. The van der Waals surface area contributed by atoms with Crippen LogP contribution in [-0.4, -0.2) is 24.2 Å². The molecule has 0 atom stereocenters. The van der Waals surface area contributed by atoms with E-state index in [-0.39, 0.29) is 12.2 Å². The summed E-state index contributed by atoms with van der Waals surface area (Å²) in [6, 6.07) is 5.11. The minimum absolute atomic E-state index is 0.210. The van der Waals surface area contributed by atoms with Crippen molar-refractivity contribution in [1.29, 1.82) is 0 Å². The van der Waals surface area contributed by atoms with Crippen molar-refractivity contribution in [3.63, 3.8) is 0 Å². The summed E-state index contributed by atoms with van der Waals surface area (Å²) in [7, 11) is 0. The van der Waals surface area contributed by atoms with Crippen LogP contribution in [0.2, 0.25) is 0 Å². The highest BCUT2D eigenvalue weighted by atomic mass is 79.9. The number of hydrogen-bond donors (Lipinski definition) is 1. The third kappa shape index (κ3) is 3.93. The van der Waals surface area contributed by atoms with Gasteiger partial charge in [-0.2, -0.15) is 0 Å². The number of rotatable bonds is 4. The normalized spacial score (nSPS) is 16.6. The van der Waals surface area contributed by atoms with E-state index in [0.717, 1.165) is 36.8 Å². The molecular weight excluding hydrogens is 313 g/mol. The van der Waals surface area contributed by atoms with Gasteiger partial charge in [0, 0.05) is 24.0 Å². The van der Waals surface area contributed by atoms with Gasteiger partial charge in [-0.05, 0) is 43.4 Å². The summed E-state index contributed by atoms with van der Waals surface area (Å²) in [5.74, 6) is -0.495. The monoisotopic (exact) mass is 329 g/mol. The van der Waals surface area contributed by atoms with Crippen LogP contribution in [0.4, 0.5) is 10.1 Å². The number of hydrogen-bond acceptors (Lipinski definition) is 2. The molecule has 1 heterocycles. The number of aliphatic carboxylic acids is 1. The molecule has 1 N–H and O–H groups in total. The van der Waals surface area contributed by atoms with Crippen molar-refractivity contribution in [2.24, 2.45) is 5.92 Å². The number of benzene rings is 1. The molecule has 3 nitrogen and oxygen atoms in total. The molecule has 1 saturated heterocycles. The minimum atomic E-state index is -0.735. The average molecular weight is 330 g/mol. The lowest BCUT2D eigenvalue weighted by molar-refractivity contribution is -0.137. The van der Waals surface area contributed by atoms with Crippen molar-refractivity contribution in [3.05, 3.63) is 28.5 Å². The van der Waals surface area contributed by atoms with Crippen LogP contribution in [0.1, 0.15) is 25.7 Å². The van der Waals surface area contributed by atoms with E-state index in [2.05, 4.69) is 15.9 Å². The topological polar surface area (TPSA) is 40.5 Å². The van der Waals surface area contributed by atoms with Gasteiger partial charge in [-0.3, -0.25) is 4.79 Å². The average Bonchev–Trinajstić information content (AvgIpc) is 2.37. The zero-order valence-electron chi connectivity index (χ0n) is 10.6. The number of anilines is 1. The zero-order valence-corrected chi connectivity index (χ0v) is 12.2. The van der Waals surface area contributed by atoms with E-state index in [1.165, 1.54) is 6.07 Å². The maximum Gasteiger partial charge on any atom is 0.303 e. The van der Waals surface area contributed by atoms with Gasteiger partial charge in [-0.15, -0.1) is 0 Å².